The Balaban J connectivity index is 2.06. The fraction of sp³-hybridized carbons (Fsp3) is 0. The summed E-state index contributed by atoms with van der Waals surface area (Å²) in [6, 6.07) is 12.9. The van der Waals surface area contributed by atoms with Gasteiger partial charge in [-0.1, -0.05) is 35.9 Å². The van der Waals surface area contributed by atoms with Gasteiger partial charge in [0.25, 0.3) is 5.56 Å². The monoisotopic (exact) mass is 360 g/mol. The van der Waals surface area contributed by atoms with Crippen LogP contribution in [0.5, 0.6) is 0 Å². The average molecular weight is 362 g/mol. The lowest BCUT2D eigenvalue weighted by molar-refractivity contribution is 1.02. The van der Waals surface area contributed by atoms with Gasteiger partial charge >= 0.3 is 0 Å². The Bertz CT molecular complexity index is 885. The molecule has 1 aromatic carbocycles. The van der Waals surface area contributed by atoms with Gasteiger partial charge < -0.3 is 0 Å². The number of hydrogen-bond acceptors (Lipinski definition) is 2. The first kappa shape index (κ1) is 14.0. The molecule has 0 saturated carbocycles. The summed E-state index contributed by atoms with van der Waals surface area (Å²) in [6.45, 7) is 0. The molecule has 0 spiro atoms. The standard InChI is InChI=1S/C16H10BrClN2O/c17-15-13(9-6-11-4-7-12(18)8-5-11)19-14-3-1-2-10-20(14)16(15)21/h1-10H/b9-6+. The molecule has 0 bridgehead atoms. The van der Waals surface area contributed by atoms with E-state index >= 15 is 0 Å². The number of fused-ring (bicyclic) bond motifs is 1. The van der Waals surface area contributed by atoms with Crippen molar-refractivity contribution in [2.24, 2.45) is 0 Å². The zero-order valence-electron chi connectivity index (χ0n) is 10.8. The normalized spacial score (nSPS) is 11.3. The van der Waals surface area contributed by atoms with Gasteiger partial charge in [0.2, 0.25) is 0 Å². The number of pyridine rings is 1. The van der Waals surface area contributed by atoms with Crippen LogP contribution in [0.4, 0.5) is 0 Å². The Morgan fingerprint density at radius 1 is 1.10 bits per heavy atom. The maximum atomic E-state index is 12.2. The van der Waals surface area contributed by atoms with E-state index in [4.69, 9.17) is 11.6 Å². The summed E-state index contributed by atoms with van der Waals surface area (Å²) in [5.41, 5.74) is 2.07. The van der Waals surface area contributed by atoms with Crippen molar-refractivity contribution < 1.29 is 0 Å². The average Bonchev–Trinajstić information content (AvgIpc) is 2.51. The Hall–Kier alpha value is -1.91. The van der Waals surface area contributed by atoms with Crippen molar-refractivity contribution in [1.29, 1.82) is 0 Å². The van der Waals surface area contributed by atoms with Crippen LogP contribution in [0.25, 0.3) is 17.8 Å². The summed E-state index contributed by atoms with van der Waals surface area (Å²) >= 11 is 9.17. The van der Waals surface area contributed by atoms with Gasteiger partial charge in [0, 0.05) is 11.2 Å². The number of aromatic nitrogens is 2. The molecule has 0 aliphatic carbocycles. The highest BCUT2D eigenvalue weighted by molar-refractivity contribution is 9.10. The van der Waals surface area contributed by atoms with Gasteiger partial charge in [-0.15, -0.1) is 0 Å². The minimum Gasteiger partial charge on any atom is -0.268 e. The molecule has 0 unspecified atom stereocenters. The maximum absolute atomic E-state index is 12.2. The molecule has 104 valence electrons. The molecule has 0 radical (unpaired) electrons. The van der Waals surface area contributed by atoms with Crippen LogP contribution in [0, 0.1) is 0 Å². The molecule has 3 rings (SSSR count). The minimum atomic E-state index is -0.128. The number of halogens is 2. The van der Waals surface area contributed by atoms with Crippen molar-refractivity contribution in [2.45, 2.75) is 0 Å². The van der Waals surface area contributed by atoms with Gasteiger partial charge in [-0.3, -0.25) is 9.20 Å². The predicted molar refractivity (Wildman–Crippen MR) is 89.5 cm³/mol. The first-order chi connectivity index (χ1) is 10.1. The summed E-state index contributed by atoms with van der Waals surface area (Å²) < 4.78 is 1.94. The van der Waals surface area contributed by atoms with E-state index in [0.29, 0.717) is 20.8 Å². The summed E-state index contributed by atoms with van der Waals surface area (Å²) in [5, 5.41) is 0.690. The number of benzene rings is 1. The highest BCUT2D eigenvalue weighted by Crippen LogP contribution is 2.16. The van der Waals surface area contributed by atoms with Crippen molar-refractivity contribution in [3.05, 3.63) is 79.8 Å². The first-order valence-corrected chi connectivity index (χ1v) is 7.43. The minimum absolute atomic E-state index is 0.128. The second kappa shape index (κ2) is 5.84. The number of rotatable bonds is 2. The lowest BCUT2D eigenvalue weighted by atomic mass is 10.2. The van der Waals surface area contributed by atoms with Crippen molar-refractivity contribution in [1.82, 2.24) is 9.38 Å². The molecule has 0 aliphatic heterocycles. The molecule has 2 heterocycles. The van der Waals surface area contributed by atoms with Gasteiger partial charge in [-0.05, 0) is 51.8 Å². The number of hydrogen-bond donors (Lipinski definition) is 0. The number of nitrogens with zero attached hydrogens (tertiary/aromatic N) is 2. The molecule has 3 nitrogen and oxygen atoms in total. The fourth-order valence-corrected chi connectivity index (χ4v) is 2.48. The first-order valence-electron chi connectivity index (χ1n) is 6.26. The van der Waals surface area contributed by atoms with E-state index in [1.54, 1.807) is 18.3 Å². The van der Waals surface area contributed by atoms with E-state index in [1.807, 2.05) is 42.5 Å². The molecule has 0 N–H and O–H groups in total. The van der Waals surface area contributed by atoms with Crippen LogP contribution >= 0.6 is 27.5 Å². The van der Waals surface area contributed by atoms with Crippen LogP contribution in [-0.4, -0.2) is 9.38 Å². The molecule has 3 aromatic rings. The van der Waals surface area contributed by atoms with Crippen LogP contribution in [-0.2, 0) is 0 Å². The smallest absolute Gasteiger partial charge is 0.268 e. The van der Waals surface area contributed by atoms with E-state index < -0.39 is 0 Å². The van der Waals surface area contributed by atoms with Gasteiger partial charge in [-0.2, -0.15) is 0 Å². The zero-order valence-corrected chi connectivity index (χ0v) is 13.2. The van der Waals surface area contributed by atoms with E-state index in [-0.39, 0.29) is 5.56 Å². The zero-order chi connectivity index (χ0) is 14.8. The lowest BCUT2D eigenvalue weighted by Gasteiger charge is -2.03. The van der Waals surface area contributed by atoms with Crippen LogP contribution < -0.4 is 5.56 Å². The highest BCUT2D eigenvalue weighted by atomic mass is 79.9. The van der Waals surface area contributed by atoms with Crippen molar-refractivity contribution in [2.75, 3.05) is 0 Å². The van der Waals surface area contributed by atoms with E-state index in [2.05, 4.69) is 20.9 Å². The second-order valence-corrected chi connectivity index (χ2v) is 5.66. The van der Waals surface area contributed by atoms with Gasteiger partial charge in [0.05, 0.1) is 5.69 Å². The summed E-state index contributed by atoms with van der Waals surface area (Å²) in [6.07, 6.45) is 5.39. The predicted octanol–water partition coefficient (Wildman–Crippen LogP) is 4.28. The summed E-state index contributed by atoms with van der Waals surface area (Å²) in [5.74, 6) is 0. The Kier molecular flexibility index (Phi) is 3.90. The van der Waals surface area contributed by atoms with Crippen molar-refractivity contribution in [3.63, 3.8) is 0 Å². The molecule has 0 aliphatic rings. The van der Waals surface area contributed by atoms with Crippen LogP contribution in [0.1, 0.15) is 11.3 Å². The van der Waals surface area contributed by atoms with Crippen LogP contribution in [0.3, 0.4) is 0 Å². The van der Waals surface area contributed by atoms with Crippen molar-refractivity contribution in [3.8, 4) is 0 Å². The third-order valence-corrected chi connectivity index (χ3v) is 4.01. The second-order valence-electron chi connectivity index (χ2n) is 4.43. The summed E-state index contributed by atoms with van der Waals surface area (Å²) in [7, 11) is 0. The molecule has 0 atom stereocenters. The van der Waals surface area contributed by atoms with Crippen molar-refractivity contribution >= 4 is 45.3 Å². The SMILES string of the molecule is O=c1c(Br)c(/C=C/c2ccc(Cl)cc2)nc2ccccn12. The molecule has 0 amide bonds. The molecule has 21 heavy (non-hydrogen) atoms. The lowest BCUT2D eigenvalue weighted by Crippen LogP contribution is -2.16. The Labute approximate surface area is 134 Å². The van der Waals surface area contributed by atoms with Crippen LogP contribution in [0.2, 0.25) is 5.02 Å². The molecule has 2 aromatic heterocycles. The van der Waals surface area contributed by atoms with E-state index in [0.717, 1.165) is 5.56 Å². The molecule has 5 heteroatoms. The third-order valence-electron chi connectivity index (χ3n) is 3.01. The molecular formula is C16H10BrClN2O. The maximum Gasteiger partial charge on any atom is 0.272 e. The molecular weight excluding hydrogens is 352 g/mol. The largest absolute Gasteiger partial charge is 0.272 e. The van der Waals surface area contributed by atoms with Gasteiger partial charge in [-0.25, -0.2) is 4.98 Å². The van der Waals surface area contributed by atoms with Crippen LogP contribution in [0.15, 0.2) is 57.9 Å². The Morgan fingerprint density at radius 2 is 1.86 bits per heavy atom. The fourth-order valence-electron chi connectivity index (χ4n) is 1.94. The van der Waals surface area contributed by atoms with E-state index in [1.165, 1.54) is 4.40 Å². The molecule has 0 saturated heterocycles. The summed E-state index contributed by atoms with van der Waals surface area (Å²) in [4.78, 5) is 16.7. The third kappa shape index (κ3) is 2.91. The van der Waals surface area contributed by atoms with Gasteiger partial charge in [0.1, 0.15) is 10.1 Å². The topological polar surface area (TPSA) is 34.4 Å². The Morgan fingerprint density at radius 3 is 2.62 bits per heavy atom. The highest BCUT2D eigenvalue weighted by Gasteiger charge is 2.07. The van der Waals surface area contributed by atoms with Gasteiger partial charge in [0.15, 0.2) is 0 Å². The quantitative estimate of drug-likeness (QED) is 0.683. The van der Waals surface area contributed by atoms with E-state index in [9.17, 15) is 4.79 Å². The molecule has 0 fully saturated rings.